The SMILES string of the molecule is C=CC(=O)COCC1CCC(COC(=O)C=C)CC1. The quantitative estimate of drug-likeness (QED) is 0.499. The third-order valence-corrected chi connectivity index (χ3v) is 3.42. The van der Waals surface area contributed by atoms with Crippen LogP contribution in [0.25, 0.3) is 0 Å². The first-order valence-electron chi connectivity index (χ1n) is 6.68. The average molecular weight is 266 g/mol. The Labute approximate surface area is 114 Å². The molecule has 0 N–H and O–H groups in total. The molecule has 0 aromatic rings. The Morgan fingerprint density at radius 2 is 1.58 bits per heavy atom. The highest BCUT2D eigenvalue weighted by atomic mass is 16.5. The molecule has 1 fully saturated rings. The molecule has 19 heavy (non-hydrogen) atoms. The highest BCUT2D eigenvalue weighted by Gasteiger charge is 2.22. The fraction of sp³-hybridized carbons (Fsp3) is 0.600. The Hall–Kier alpha value is -1.42. The Morgan fingerprint density at radius 3 is 2.11 bits per heavy atom. The van der Waals surface area contributed by atoms with Crippen molar-refractivity contribution < 1.29 is 19.1 Å². The van der Waals surface area contributed by atoms with Crippen LogP contribution in [0.1, 0.15) is 25.7 Å². The highest BCUT2D eigenvalue weighted by molar-refractivity contribution is 5.90. The molecule has 1 aliphatic rings. The van der Waals surface area contributed by atoms with Crippen LogP contribution >= 0.6 is 0 Å². The van der Waals surface area contributed by atoms with E-state index in [2.05, 4.69) is 13.2 Å². The van der Waals surface area contributed by atoms with Crippen molar-refractivity contribution in [3.05, 3.63) is 25.3 Å². The second-order valence-electron chi connectivity index (χ2n) is 4.91. The smallest absolute Gasteiger partial charge is 0.330 e. The molecular formula is C15H22O4. The van der Waals surface area contributed by atoms with Gasteiger partial charge in [0.05, 0.1) is 13.2 Å². The van der Waals surface area contributed by atoms with E-state index in [0.717, 1.165) is 25.7 Å². The van der Waals surface area contributed by atoms with Gasteiger partial charge in [-0.05, 0) is 43.6 Å². The zero-order valence-electron chi connectivity index (χ0n) is 11.3. The van der Waals surface area contributed by atoms with Crippen molar-refractivity contribution in [2.24, 2.45) is 11.8 Å². The summed E-state index contributed by atoms with van der Waals surface area (Å²) in [6.45, 7) is 7.99. The Bertz CT molecular complexity index is 327. The van der Waals surface area contributed by atoms with Crippen molar-refractivity contribution >= 4 is 11.8 Å². The maximum atomic E-state index is 11.0. The summed E-state index contributed by atoms with van der Waals surface area (Å²) in [6.07, 6.45) is 6.65. The summed E-state index contributed by atoms with van der Waals surface area (Å²) in [5.74, 6) is 0.511. The molecule has 0 bridgehead atoms. The third kappa shape index (κ3) is 6.34. The Morgan fingerprint density at radius 1 is 1.00 bits per heavy atom. The molecule has 1 rings (SSSR count). The normalized spacial score (nSPS) is 22.5. The first kappa shape index (κ1) is 15.6. The fourth-order valence-corrected chi connectivity index (χ4v) is 2.21. The minimum Gasteiger partial charge on any atom is -0.462 e. The van der Waals surface area contributed by atoms with Crippen molar-refractivity contribution in [1.29, 1.82) is 0 Å². The summed E-state index contributed by atoms with van der Waals surface area (Å²) >= 11 is 0. The van der Waals surface area contributed by atoms with Gasteiger partial charge >= 0.3 is 5.97 Å². The van der Waals surface area contributed by atoms with Gasteiger partial charge in [0.25, 0.3) is 0 Å². The number of hydrogen-bond acceptors (Lipinski definition) is 4. The van der Waals surface area contributed by atoms with Crippen LogP contribution in [0.2, 0.25) is 0 Å². The molecule has 106 valence electrons. The lowest BCUT2D eigenvalue weighted by atomic mass is 9.83. The van der Waals surface area contributed by atoms with E-state index < -0.39 is 0 Å². The summed E-state index contributed by atoms with van der Waals surface area (Å²) in [4.78, 5) is 21.9. The van der Waals surface area contributed by atoms with Crippen molar-refractivity contribution in [2.75, 3.05) is 19.8 Å². The summed E-state index contributed by atoms with van der Waals surface area (Å²) < 4.78 is 10.4. The number of ether oxygens (including phenoxy) is 2. The molecule has 4 nitrogen and oxygen atoms in total. The van der Waals surface area contributed by atoms with Crippen LogP contribution in [0.3, 0.4) is 0 Å². The van der Waals surface area contributed by atoms with Gasteiger partial charge in [0.2, 0.25) is 0 Å². The fourth-order valence-electron chi connectivity index (χ4n) is 2.21. The zero-order chi connectivity index (χ0) is 14.1. The van der Waals surface area contributed by atoms with E-state index >= 15 is 0 Å². The Kier molecular flexibility index (Phi) is 7.11. The topological polar surface area (TPSA) is 52.6 Å². The number of hydrogen-bond donors (Lipinski definition) is 0. The molecule has 0 atom stereocenters. The summed E-state index contributed by atoms with van der Waals surface area (Å²) in [7, 11) is 0. The summed E-state index contributed by atoms with van der Waals surface area (Å²) in [5, 5.41) is 0. The van der Waals surface area contributed by atoms with Gasteiger partial charge in [-0.25, -0.2) is 4.79 Å². The predicted molar refractivity (Wildman–Crippen MR) is 72.6 cm³/mol. The lowest BCUT2D eigenvalue weighted by molar-refractivity contribution is -0.139. The van der Waals surface area contributed by atoms with Gasteiger partial charge in [-0.2, -0.15) is 0 Å². The predicted octanol–water partition coefficient (Wildman–Crippen LogP) is 2.29. The van der Waals surface area contributed by atoms with E-state index in [4.69, 9.17) is 9.47 Å². The number of esters is 1. The van der Waals surface area contributed by atoms with Crippen LogP contribution in [0.4, 0.5) is 0 Å². The van der Waals surface area contributed by atoms with E-state index in [9.17, 15) is 9.59 Å². The minimum atomic E-state index is -0.353. The van der Waals surface area contributed by atoms with Crippen LogP contribution < -0.4 is 0 Å². The van der Waals surface area contributed by atoms with Crippen LogP contribution in [0.15, 0.2) is 25.3 Å². The minimum absolute atomic E-state index is 0.0787. The maximum absolute atomic E-state index is 11.0. The van der Waals surface area contributed by atoms with Gasteiger partial charge in [-0.3, -0.25) is 4.79 Å². The molecule has 0 heterocycles. The van der Waals surface area contributed by atoms with Crippen LogP contribution in [0, 0.1) is 11.8 Å². The van der Waals surface area contributed by atoms with E-state index in [1.54, 1.807) is 0 Å². The Balaban J connectivity index is 2.11. The number of carbonyl (C=O) groups excluding carboxylic acids is 2. The summed E-state index contributed by atoms with van der Waals surface area (Å²) in [5.41, 5.74) is 0. The first-order chi connectivity index (χ1) is 9.15. The van der Waals surface area contributed by atoms with Gasteiger partial charge in [-0.15, -0.1) is 0 Å². The van der Waals surface area contributed by atoms with Gasteiger partial charge in [0, 0.05) is 6.08 Å². The third-order valence-electron chi connectivity index (χ3n) is 3.42. The molecule has 0 aromatic heterocycles. The van der Waals surface area contributed by atoms with E-state index in [-0.39, 0.29) is 18.4 Å². The molecule has 1 aliphatic carbocycles. The monoisotopic (exact) mass is 266 g/mol. The second-order valence-corrected chi connectivity index (χ2v) is 4.91. The molecule has 1 saturated carbocycles. The van der Waals surface area contributed by atoms with Crippen LogP contribution in [-0.4, -0.2) is 31.6 Å². The lowest BCUT2D eigenvalue weighted by Gasteiger charge is -2.27. The molecule has 4 heteroatoms. The molecule has 0 spiro atoms. The van der Waals surface area contributed by atoms with Crippen molar-refractivity contribution in [2.45, 2.75) is 25.7 Å². The first-order valence-corrected chi connectivity index (χ1v) is 6.68. The summed E-state index contributed by atoms with van der Waals surface area (Å²) in [6, 6.07) is 0. The maximum Gasteiger partial charge on any atom is 0.330 e. The number of rotatable bonds is 8. The van der Waals surface area contributed by atoms with Crippen molar-refractivity contribution in [3.63, 3.8) is 0 Å². The van der Waals surface area contributed by atoms with Gasteiger partial charge in [0.1, 0.15) is 6.61 Å². The van der Waals surface area contributed by atoms with Crippen LogP contribution in [0.5, 0.6) is 0 Å². The number of ketones is 1. The largest absolute Gasteiger partial charge is 0.462 e. The standard InChI is InChI=1S/C15H22O4/c1-3-14(16)11-18-9-12-5-7-13(8-6-12)10-19-15(17)4-2/h3-4,12-13H,1-2,5-11H2. The molecule has 0 aliphatic heterocycles. The molecule has 0 amide bonds. The van der Waals surface area contributed by atoms with E-state index in [0.29, 0.717) is 25.0 Å². The molecule has 0 aromatic carbocycles. The lowest BCUT2D eigenvalue weighted by Crippen LogP contribution is -2.23. The van der Waals surface area contributed by atoms with E-state index in [1.165, 1.54) is 12.2 Å². The van der Waals surface area contributed by atoms with Crippen molar-refractivity contribution in [3.8, 4) is 0 Å². The molecule has 0 radical (unpaired) electrons. The van der Waals surface area contributed by atoms with Gasteiger partial charge in [0.15, 0.2) is 5.78 Å². The molecule has 0 saturated heterocycles. The van der Waals surface area contributed by atoms with Gasteiger partial charge < -0.3 is 9.47 Å². The van der Waals surface area contributed by atoms with Gasteiger partial charge in [-0.1, -0.05) is 13.2 Å². The van der Waals surface area contributed by atoms with Crippen LogP contribution in [-0.2, 0) is 19.1 Å². The zero-order valence-corrected chi connectivity index (χ0v) is 11.3. The highest BCUT2D eigenvalue weighted by Crippen LogP contribution is 2.29. The van der Waals surface area contributed by atoms with Crippen molar-refractivity contribution in [1.82, 2.24) is 0 Å². The molecule has 0 unspecified atom stereocenters. The van der Waals surface area contributed by atoms with E-state index in [1.807, 2.05) is 0 Å². The second kappa shape index (κ2) is 8.64. The molecular weight excluding hydrogens is 244 g/mol. The number of carbonyl (C=O) groups is 2. The average Bonchev–Trinajstić information content (AvgIpc) is 2.45.